The van der Waals surface area contributed by atoms with Crippen LogP contribution in [0.3, 0.4) is 0 Å². The van der Waals surface area contributed by atoms with E-state index in [1.54, 1.807) is 30.4 Å². The molecule has 1 aliphatic rings. The predicted molar refractivity (Wildman–Crippen MR) is 121 cm³/mol. The normalized spacial score (nSPS) is 15.1. The number of amides is 1. The van der Waals surface area contributed by atoms with E-state index in [0.717, 1.165) is 11.8 Å². The number of thiophene rings is 1. The van der Waals surface area contributed by atoms with Crippen molar-refractivity contribution in [2.24, 2.45) is 0 Å². The number of carbonyl (C=O) groups excluding carboxylic acids is 1. The van der Waals surface area contributed by atoms with Crippen LogP contribution in [0.4, 0.5) is 0 Å². The maximum absolute atomic E-state index is 13.1. The summed E-state index contributed by atoms with van der Waals surface area (Å²) >= 11 is 1.64. The Morgan fingerprint density at radius 2 is 2.00 bits per heavy atom. The molecule has 170 valence electrons. The van der Waals surface area contributed by atoms with Gasteiger partial charge in [-0.15, -0.1) is 11.3 Å². The molecule has 11 heteroatoms. The van der Waals surface area contributed by atoms with E-state index in [-0.39, 0.29) is 17.0 Å². The van der Waals surface area contributed by atoms with E-state index < -0.39 is 26.0 Å². The lowest BCUT2D eigenvalue weighted by Crippen LogP contribution is -2.35. The Morgan fingerprint density at radius 3 is 2.71 bits per heavy atom. The van der Waals surface area contributed by atoms with Crippen LogP contribution in [-0.2, 0) is 33.0 Å². The maximum atomic E-state index is 13.1. The first-order chi connectivity index (χ1) is 14.6. The van der Waals surface area contributed by atoms with Gasteiger partial charge in [-0.05, 0) is 48.1 Å². The molecule has 0 saturated heterocycles. The van der Waals surface area contributed by atoms with Crippen LogP contribution in [0, 0.1) is 0 Å². The van der Waals surface area contributed by atoms with Crippen molar-refractivity contribution in [2.45, 2.75) is 31.2 Å². The molecule has 0 fully saturated rings. The smallest absolute Gasteiger partial charge is 0.251 e. The summed E-state index contributed by atoms with van der Waals surface area (Å²) in [5, 5.41) is 4.70. The van der Waals surface area contributed by atoms with Crippen molar-refractivity contribution in [3.05, 3.63) is 51.7 Å². The monoisotopic (exact) mass is 485 g/mol. The van der Waals surface area contributed by atoms with Gasteiger partial charge in [0.1, 0.15) is 0 Å². The van der Waals surface area contributed by atoms with E-state index in [0.29, 0.717) is 39.0 Å². The zero-order valence-electron chi connectivity index (χ0n) is 17.6. The number of nitrogens with one attached hydrogen (secondary N) is 1. The molecule has 0 radical (unpaired) electrons. The van der Waals surface area contributed by atoms with Gasteiger partial charge in [-0.25, -0.2) is 21.1 Å². The number of hydrogen-bond donors (Lipinski definition) is 1. The first-order valence-corrected chi connectivity index (χ1v) is 14.2. The van der Waals surface area contributed by atoms with Gasteiger partial charge in [0.15, 0.2) is 0 Å². The topological polar surface area (TPSA) is 104 Å². The van der Waals surface area contributed by atoms with Crippen molar-refractivity contribution in [1.29, 1.82) is 0 Å². The van der Waals surface area contributed by atoms with Crippen LogP contribution >= 0.6 is 11.3 Å². The second-order valence-electron chi connectivity index (χ2n) is 7.35. The fourth-order valence-corrected chi connectivity index (χ4v) is 6.78. The quantitative estimate of drug-likeness (QED) is 0.547. The van der Waals surface area contributed by atoms with Crippen LogP contribution < -0.4 is 5.32 Å². The minimum Gasteiger partial charge on any atom is -0.352 e. The van der Waals surface area contributed by atoms with Gasteiger partial charge in [-0.1, -0.05) is 13.0 Å². The summed E-state index contributed by atoms with van der Waals surface area (Å²) in [6, 6.07) is 7.97. The molecule has 0 bridgehead atoms. The predicted octanol–water partition coefficient (Wildman–Crippen LogP) is 1.90. The third-order valence-corrected chi connectivity index (χ3v) is 9.44. The van der Waals surface area contributed by atoms with Crippen molar-refractivity contribution in [2.75, 3.05) is 32.4 Å². The fourth-order valence-electron chi connectivity index (χ4n) is 3.49. The van der Waals surface area contributed by atoms with Crippen molar-refractivity contribution < 1.29 is 21.6 Å². The van der Waals surface area contributed by atoms with Gasteiger partial charge in [-0.2, -0.15) is 4.31 Å². The Bertz CT molecular complexity index is 1140. The van der Waals surface area contributed by atoms with Crippen LogP contribution in [0.25, 0.3) is 0 Å². The standard InChI is InChI=1S/C20H27N3O5S3/c1-3-22(30(2,25)26)11-5-10-21-20(24)16-6-4-7-18(14-16)31(27,28)23-12-8-19-17(15-23)9-13-29-19/h4,6-7,9,13-14H,3,5,8,10-12,15H2,1-2H3,(H,21,24). The van der Waals surface area contributed by atoms with E-state index >= 15 is 0 Å². The summed E-state index contributed by atoms with van der Waals surface area (Å²) in [6.07, 6.45) is 2.30. The van der Waals surface area contributed by atoms with Gasteiger partial charge >= 0.3 is 0 Å². The summed E-state index contributed by atoms with van der Waals surface area (Å²) < 4.78 is 52.2. The van der Waals surface area contributed by atoms with Crippen molar-refractivity contribution in [3.63, 3.8) is 0 Å². The van der Waals surface area contributed by atoms with E-state index in [9.17, 15) is 21.6 Å². The summed E-state index contributed by atoms with van der Waals surface area (Å²) in [6.45, 7) is 3.48. The number of benzene rings is 1. The van der Waals surface area contributed by atoms with E-state index in [4.69, 9.17) is 0 Å². The highest BCUT2D eigenvalue weighted by molar-refractivity contribution is 7.89. The molecule has 0 spiro atoms. The van der Waals surface area contributed by atoms with Crippen LogP contribution in [0.2, 0.25) is 0 Å². The fraction of sp³-hybridized carbons (Fsp3) is 0.450. The lowest BCUT2D eigenvalue weighted by atomic mass is 10.1. The van der Waals surface area contributed by atoms with Crippen molar-refractivity contribution >= 4 is 37.3 Å². The number of sulfonamides is 2. The molecule has 0 atom stereocenters. The van der Waals surface area contributed by atoms with E-state index in [1.807, 2.05) is 11.4 Å². The molecule has 2 heterocycles. The molecule has 8 nitrogen and oxygen atoms in total. The third-order valence-electron chi connectivity index (χ3n) is 5.20. The van der Waals surface area contributed by atoms with Crippen molar-refractivity contribution in [1.82, 2.24) is 13.9 Å². The lowest BCUT2D eigenvalue weighted by Gasteiger charge is -2.26. The number of rotatable bonds is 9. The molecule has 1 aromatic carbocycles. The average Bonchev–Trinajstić information content (AvgIpc) is 3.20. The second-order valence-corrected chi connectivity index (χ2v) is 12.3. The van der Waals surface area contributed by atoms with Crippen LogP contribution in [-0.4, -0.2) is 63.8 Å². The molecule has 1 amide bonds. The lowest BCUT2D eigenvalue weighted by molar-refractivity contribution is 0.0952. The van der Waals surface area contributed by atoms with E-state index in [1.165, 1.54) is 25.6 Å². The zero-order valence-corrected chi connectivity index (χ0v) is 20.0. The molecular formula is C20H27N3O5S3. The SMILES string of the molecule is CCN(CCCNC(=O)c1cccc(S(=O)(=O)N2CCc3sccc3C2)c1)S(C)(=O)=O. The summed E-state index contributed by atoms with van der Waals surface area (Å²) in [5.41, 5.74) is 1.29. The van der Waals surface area contributed by atoms with Crippen LogP contribution in [0.1, 0.15) is 34.1 Å². The molecule has 0 unspecified atom stereocenters. The highest BCUT2D eigenvalue weighted by Crippen LogP contribution is 2.28. The molecular weight excluding hydrogens is 458 g/mol. The molecule has 0 aliphatic carbocycles. The Balaban J connectivity index is 1.62. The van der Waals surface area contributed by atoms with Gasteiger partial charge in [0, 0.05) is 43.2 Å². The van der Waals surface area contributed by atoms with Crippen molar-refractivity contribution in [3.8, 4) is 0 Å². The van der Waals surface area contributed by atoms with Gasteiger partial charge < -0.3 is 5.32 Å². The first kappa shape index (κ1) is 23.9. The molecule has 0 saturated carbocycles. The van der Waals surface area contributed by atoms with Crippen LogP contribution in [0.15, 0.2) is 40.6 Å². The Labute approximate surface area is 188 Å². The number of hydrogen-bond acceptors (Lipinski definition) is 6. The molecule has 2 aromatic rings. The molecule has 3 rings (SSSR count). The highest BCUT2D eigenvalue weighted by atomic mass is 32.2. The van der Waals surface area contributed by atoms with Gasteiger partial charge in [-0.3, -0.25) is 4.79 Å². The zero-order chi connectivity index (χ0) is 22.6. The highest BCUT2D eigenvalue weighted by Gasteiger charge is 2.29. The summed E-state index contributed by atoms with van der Waals surface area (Å²) in [4.78, 5) is 13.8. The minimum absolute atomic E-state index is 0.0908. The number of fused-ring (bicyclic) bond motifs is 1. The van der Waals surface area contributed by atoms with Gasteiger partial charge in [0.05, 0.1) is 11.2 Å². The Morgan fingerprint density at radius 1 is 1.23 bits per heavy atom. The number of carbonyl (C=O) groups is 1. The Hall–Kier alpha value is -1.79. The van der Waals surface area contributed by atoms with E-state index in [2.05, 4.69) is 5.32 Å². The average molecular weight is 486 g/mol. The summed E-state index contributed by atoms with van der Waals surface area (Å²) in [7, 11) is -6.98. The Kier molecular flexibility index (Phi) is 7.53. The largest absolute Gasteiger partial charge is 0.352 e. The maximum Gasteiger partial charge on any atom is 0.251 e. The summed E-state index contributed by atoms with van der Waals surface area (Å²) in [5.74, 6) is -0.391. The molecule has 1 aliphatic heterocycles. The third kappa shape index (κ3) is 5.72. The minimum atomic E-state index is -3.71. The first-order valence-electron chi connectivity index (χ1n) is 10.0. The second kappa shape index (κ2) is 9.78. The molecule has 1 aromatic heterocycles. The van der Waals surface area contributed by atoms with Gasteiger partial charge in [0.25, 0.3) is 5.91 Å². The molecule has 31 heavy (non-hydrogen) atoms. The van der Waals surface area contributed by atoms with Gasteiger partial charge in [0.2, 0.25) is 20.0 Å². The van der Waals surface area contributed by atoms with Crippen LogP contribution in [0.5, 0.6) is 0 Å². The molecule has 1 N–H and O–H groups in total. The number of nitrogens with zero attached hydrogens (tertiary/aromatic N) is 2.